The van der Waals surface area contributed by atoms with Gasteiger partial charge in [0, 0.05) is 12.1 Å². The average Bonchev–Trinajstić information content (AvgIpc) is 2.78. The van der Waals surface area contributed by atoms with Crippen molar-refractivity contribution < 1.29 is 9.53 Å². The predicted octanol–water partition coefficient (Wildman–Crippen LogP) is 2.04. The first kappa shape index (κ1) is 12.0. The lowest BCUT2D eigenvalue weighted by Crippen LogP contribution is -2.60. The van der Waals surface area contributed by atoms with Gasteiger partial charge in [-0.1, -0.05) is 0 Å². The van der Waals surface area contributed by atoms with Gasteiger partial charge >= 0.3 is 6.09 Å². The summed E-state index contributed by atoms with van der Waals surface area (Å²) < 4.78 is 5.54. The minimum absolute atomic E-state index is 0.0777. The van der Waals surface area contributed by atoms with E-state index in [-0.39, 0.29) is 17.7 Å². The van der Waals surface area contributed by atoms with Crippen LogP contribution in [0.15, 0.2) is 0 Å². The van der Waals surface area contributed by atoms with Crippen LogP contribution in [0.1, 0.15) is 44.9 Å². The lowest BCUT2D eigenvalue weighted by molar-refractivity contribution is -0.0213. The van der Waals surface area contributed by atoms with Crippen molar-refractivity contribution in [1.82, 2.24) is 10.6 Å². The lowest BCUT2D eigenvalue weighted by Gasteiger charge is -2.56. The molecule has 5 fully saturated rings. The Morgan fingerprint density at radius 1 is 1.11 bits per heavy atom. The first-order chi connectivity index (χ1) is 9.21. The summed E-state index contributed by atoms with van der Waals surface area (Å²) in [6.45, 7) is 1.78. The van der Waals surface area contributed by atoms with Crippen LogP contribution in [-0.4, -0.2) is 30.8 Å². The van der Waals surface area contributed by atoms with Crippen LogP contribution < -0.4 is 10.6 Å². The molecule has 5 rings (SSSR count). The summed E-state index contributed by atoms with van der Waals surface area (Å²) in [5.41, 5.74) is 0.0812. The topological polar surface area (TPSA) is 50.4 Å². The minimum Gasteiger partial charge on any atom is -0.445 e. The molecule has 5 aliphatic rings. The Hall–Kier alpha value is -0.770. The molecule has 1 amide bonds. The normalized spacial score (nSPS) is 47.4. The van der Waals surface area contributed by atoms with Gasteiger partial charge in [-0.2, -0.15) is 0 Å². The number of hydrogen-bond acceptors (Lipinski definition) is 3. The van der Waals surface area contributed by atoms with E-state index in [1.54, 1.807) is 0 Å². The standard InChI is InChI=1S/C15H24N2O2/c18-14(19-13-1-2-16-9-13)17-15-6-10-3-11(7-15)5-12(4-10)8-15/h10-13,16H,1-9H2,(H,17,18). The fraction of sp³-hybridized carbons (Fsp3) is 0.933. The zero-order valence-corrected chi connectivity index (χ0v) is 11.5. The molecule has 1 saturated heterocycles. The Bertz CT molecular complexity index is 341. The van der Waals surface area contributed by atoms with Crippen LogP contribution in [0, 0.1) is 17.8 Å². The van der Waals surface area contributed by atoms with Gasteiger partial charge in [0.25, 0.3) is 0 Å². The Balaban J connectivity index is 1.40. The summed E-state index contributed by atoms with van der Waals surface area (Å²) in [5, 5.41) is 6.49. The lowest BCUT2D eigenvalue weighted by atomic mass is 9.53. The molecule has 0 aromatic heterocycles. The molecule has 106 valence electrons. The van der Waals surface area contributed by atoms with Crippen molar-refractivity contribution in [3.8, 4) is 0 Å². The van der Waals surface area contributed by atoms with E-state index in [1.807, 2.05) is 0 Å². The van der Waals surface area contributed by atoms with Crippen LogP contribution >= 0.6 is 0 Å². The third kappa shape index (κ3) is 2.24. The summed E-state index contributed by atoms with van der Waals surface area (Å²) in [7, 11) is 0. The van der Waals surface area contributed by atoms with Gasteiger partial charge in [0.1, 0.15) is 6.10 Å². The van der Waals surface area contributed by atoms with Crippen molar-refractivity contribution >= 4 is 6.09 Å². The quantitative estimate of drug-likeness (QED) is 0.802. The molecule has 0 aromatic rings. The molecule has 4 nitrogen and oxygen atoms in total. The van der Waals surface area contributed by atoms with E-state index in [0.717, 1.165) is 37.3 Å². The minimum atomic E-state index is -0.171. The molecule has 0 aromatic carbocycles. The SMILES string of the molecule is O=C(NC12CC3CC(CC(C3)C1)C2)OC1CCNC1. The first-order valence-corrected chi connectivity index (χ1v) is 7.90. The number of alkyl carbamates (subject to hydrolysis) is 1. The molecule has 1 unspecified atom stereocenters. The Morgan fingerprint density at radius 3 is 2.26 bits per heavy atom. The van der Waals surface area contributed by atoms with E-state index in [9.17, 15) is 4.79 Å². The van der Waals surface area contributed by atoms with Gasteiger partial charge in [-0.3, -0.25) is 0 Å². The molecular weight excluding hydrogens is 240 g/mol. The van der Waals surface area contributed by atoms with Gasteiger partial charge in [0.2, 0.25) is 0 Å². The second-order valence-corrected chi connectivity index (χ2v) is 7.34. The van der Waals surface area contributed by atoms with E-state index in [0.29, 0.717) is 0 Å². The van der Waals surface area contributed by atoms with Crippen LogP contribution in [0.2, 0.25) is 0 Å². The van der Waals surface area contributed by atoms with Gasteiger partial charge in [-0.15, -0.1) is 0 Å². The van der Waals surface area contributed by atoms with Gasteiger partial charge in [0.15, 0.2) is 0 Å². The van der Waals surface area contributed by atoms with Crippen molar-refractivity contribution in [2.75, 3.05) is 13.1 Å². The number of amides is 1. The monoisotopic (exact) mass is 264 g/mol. The highest BCUT2D eigenvalue weighted by atomic mass is 16.6. The molecule has 19 heavy (non-hydrogen) atoms. The molecule has 1 atom stereocenters. The molecule has 4 bridgehead atoms. The molecular formula is C15H24N2O2. The molecule has 0 spiro atoms. The molecule has 0 radical (unpaired) electrons. The third-order valence-corrected chi connectivity index (χ3v) is 5.69. The van der Waals surface area contributed by atoms with Crippen LogP contribution in [-0.2, 0) is 4.74 Å². The highest BCUT2D eigenvalue weighted by molar-refractivity contribution is 5.68. The molecule has 4 heteroatoms. The fourth-order valence-electron chi connectivity index (χ4n) is 5.39. The average molecular weight is 264 g/mol. The Labute approximate surface area is 114 Å². The van der Waals surface area contributed by atoms with Gasteiger partial charge < -0.3 is 15.4 Å². The van der Waals surface area contributed by atoms with E-state index in [1.165, 1.54) is 38.5 Å². The van der Waals surface area contributed by atoms with Crippen LogP contribution in [0.3, 0.4) is 0 Å². The van der Waals surface area contributed by atoms with Crippen molar-refractivity contribution in [1.29, 1.82) is 0 Å². The number of nitrogens with one attached hydrogen (secondary N) is 2. The second-order valence-electron chi connectivity index (χ2n) is 7.34. The first-order valence-electron chi connectivity index (χ1n) is 7.90. The summed E-state index contributed by atoms with van der Waals surface area (Å²) in [4.78, 5) is 12.1. The number of carbonyl (C=O) groups excluding carboxylic acids is 1. The van der Waals surface area contributed by atoms with Crippen LogP contribution in [0.25, 0.3) is 0 Å². The van der Waals surface area contributed by atoms with Gasteiger partial charge in [0.05, 0.1) is 0 Å². The van der Waals surface area contributed by atoms with Gasteiger partial charge in [-0.25, -0.2) is 4.79 Å². The summed E-state index contributed by atoms with van der Waals surface area (Å²) in [6, 6.07) is 0. The smallest absolute Gasteiger partial charge is 0.407 e. The number of carbonyl (C=O) groups is 1. The maximum Gasteiger partial charge on any atom is 0.407 e. The van der Waals surface area contributed by atoms with E-state index in [2.05, 4.69) is 10.6 Å². The van der Waals surface area contributed by atoms with Crippen LogP contribution in [0.4, 0.5) is 4.79 Å². The number of rotatable bonds is 2. The largest absolute Gasteiger partial charge is 0.445 e. The third-order valence-electron chi connectivity index (χ3n) is 5.69. The van der Waals surface area contributed by atoms with Crippen molar-refractivity contribution in [2.45, 2.75) is 56.6 Å². The maximum atomic E-state index is 12.1. The van der Waals surface area contributed by atoms with Gasteiger partial charge in [-0.05, 0) is 69.2 Å². The summed E-state index contributed by atoms with van der Waals surface area (Å²) >= 11 is 0. The van der Waals surface area contributed by atoms with Crippen molar-refractivity contribution in [3.05, 3.63) is 0 Å². The van der Waals surface area contributed by atoms with E-state index in [4.69, 9.17) is 4.74 Å². The Morgan fingerprint density at radius 2 is 1.74 bits per heavy atom. The number of ether oxygens (including phenoxy) is 1. The fourth-order valence-corrected chi connectivity index (χ4v) is 5.39. The zero-order valence-electron chi connectivity index (χ0n) is 11.5. The highest BCUT2D eigenvalue weighted by Crippen LogP contribution is 2.55. The Kier molecular flexibility index (Phi) is 2.76. The molecule has 1 heterocycles. The van der Waals surface area contributed by atoms with E-state index >= 15 is 0 Å². The molecule has 4 saturated carbocycles. The molecule has 2 N–H and O–H groups in total. The van der Waals surface area contributed by atoms with Crippen LogP contribution in [0.5, 0.6) is 0 Å². The van der Waals surface area contributed by atoms with E-state index < -0.39 is 0 Å². The molecule has 4 aliphatic carbocycles. The number of hydrogen-bond donors (Lipinski definition) is 2. The zero-order chi connectivity index (χ0) is 12.9. The van der Waals surface area contributed by atoms with Crippen molar-refractivity contribution in [3.63, 3.8) is 0 Å². The highest BCUT2D eigenvalue weighted by Gasteiger charge is 2.51. The maximum absolute atomic E-state index is 12.1. The molecule has 1 aliphatic heterocycles. The predicted molar refractivity (Wildman–Crippen MR) is 71.8 cm³/mol. The summed E-state index contributed by atoms with van der Waals surface area (Å²) in [6.07, 6.45) is 8.65. The second kappa shape index (κ2) is 4.37. The van der Waals surface area contributed by atoms with Crippen molar-refractivity contribution in [2.24, 2.45) is 17.8 Å². The summed E-state index contributed by atoms with van der Waals surface area (Å²) in [5.74, 6) is 2.58.